The zero-order chi connectivity index (χ0) is 18.5. The van der Waals surface area contributed by atoms with Crippen molar-refractivity contribution in [3.63, 3.8) is 0 Å². The number of ketones is 1. The summed E-state index contributed by atoms with van der Waals surface area (Å²) in [6.07, 6.45) is 1.83. The van der Waals surface area contributed by atoms with Gasteiger partial charge < -0.3 is 5.32 Å². The van der Waals surface area contributed by atoms with Crippen LogP contribution in [0.3, 0.4) is 0 Å². The lowest BCUT2D eigenvalue weighted by Gasteiger charge is -2.23. The Bertz CT molecular complexity index is 1220. The van der Waals surface area contributed by atoms with Crippen molar-refractivity contribution in [2.24, 2.45) is 0 Å². The van der Waals surface area contributed by atoms with Crippen LogP contribution in [0.15, 0.2) is 66.9 Å². The van der Waals surface area contributed by atoms with Gasteiger partial charge in [-0.05, 0) is 49.1 Å². The monoisotopic (exact) mass is 350 g/mol. The number of hydrogen-bond donors (Lipinski definition) is 1. The Morgan fingerprint density at radius 3 is 2.41 bits per heavy atom. The number of fused-ring (bicyclic) bond motifs is 2. The van der Waals surface area contributed by atoms with Crippen molar-refractivity contribution in [2.75, 3.05) is 5.32 Å². The molecular formula is C24H18N2O. The molecule has 4 aromatic rings. The van der Waals surface area contributed by atoms with Crippen molar-refractivity contribution in [1.29, 1.82) is 0 Å². The molecule has 0 fully saturated rings. The van der Waals surface area contributed by atoms with Crippen LogP contribution < -0.4 is 5.32 Å². The number of rotatable bonds is 2. The zero-order valence-electron chi connectivity index (χ0n) is 15.2. The average molecular weight is 350 g/mol. The quantitative estimate of drug-likeness (QED) is 0.437. The van der Waals surface area contributed by atoms with Crippen LogP contribution in [-0.2, 0) is 0 Å². The normalized spacial score (nSPS) is 12.1. The molecule has 0 radical (unpaired) electrons. The fourth-order valence-corrected chi connectivity index (χ4v) is 3.90. The summed E-state index contributed by atoms with van der Waals surface area (Å²) in [7, 11) is 0. The predicted molar refractivity (Wildman–Crippen MR) is 110 cm³/mol. The first-order chi connectivity index (χ1) is 13.1. The second-order valence-corrected chi connectivity index (χ2v) is 7.06. The lowest BCUT2D eigenvalue weighted by Crippen LogP contribution is -2.13. The second kappa shape index (κ2) is 5.78. The fourth-order valence-electron chi connectivity index (χ4n) is 3.90. The molecule has 1 aliphatic carbocycles. The van der Waals surface area contributed by atoms with E-state index in [0.29, 0.717) is 11.1 Å². The van der Waals surface area contributed by atoms with Crippen molar-refractivity contribution < 1.29 is 4.79 Å². The van der Waals surface area contributed by atoms with Gasteiger partial charge in [0.15, 0.2) is 5.78 Å². The largest absolute Gasteiger partial charge is 0.355 e. The molecule has 130 valence electrons. The molecule has 5 rings (SSSR count). The van der Waals surface area contributed by atoms with Crippen LogP contribution in [0.5, 0.6) is 0 Å². The van der Waals surface area contributed by atoms with Gasteiger partial charge in [0.2, 0.25) is 0 Å². The van der Waals surface area contributed by atoms with E-state index in [2.05, 4.69) is 42.3 Å². The molecule has 3 aromatic carbocycles. The number of pyridine rings is 1. The molecule has 0 amide bonds. The summed E-state index contributed by atoms with van der Waals surface area (Å²) in [6, 6.07) is 20.0. The first-order valence-corrected chi connectivity index (χ1v) is 9.03. The third-order valence-electron chi connectivity index (χ3n) is 5.24. The van der Waals surface area contributed by atoms with Crippen LogP contribution in [0, 0.1) is 13.8 Å². The minimum atomic E-state index is 0.0470. The highest BCUT2D eigenvalue weighted by atomic mass is 16.1. The van der Waals surface area contributed by atoms with Crippen molar-refractivity contribution in [2.45, 2.75) is 13.8 Å². The molecule has 0 saturated carbocycles. The van der Waals surface area contributed by atoms with Gasteiger partial charge in [-0.3, -0.25) is 9.78 Å². The topological polar surface area (TPSA) is 42.0 Å². The molecule has 0 saturated heterocycles. The molecule has 0 unspecified atom stereocenters. The van der Waals surface area contributed by atoms with E-state index in [1.165, 1.54) is 5.56 Å². The smallest absolute Gasteiger partial charge is 0.196 e. The number of hydrogen-bond acceptors (Lipinski definition) is 3. The number of carbonyl (C=O) groups is 1. The minimum Gasteiger partial charge on any atom is -0.355 e. The average Bonchev–Trinajstić information content (AvgIpc) is 2.69. The van der Waals surface area contributed by atoms with Crippen LogP contribution in [0.4, 0.5) is 11.4 Å². The summed E-state index contributed by atoms with van der Waals surface area (Å²) in [6.45, 7) is 4.14. The number of aromatic nitrogens is 1. The summed E-state index contributed by atoms with van der Waals surface area (Å²) in [4.78, 5) is 18.0. The first-order valence-electron chi connectivity index (χ1n) is 9.03. The number of benzene rings is 3. The second-order valence-electron chi connectivity index (χ2n) is 7.06. The van der Waals surface area contributed by atoms with Gasteiger partial charge in [-0.25, -0.2) is 0 Å². The maximum atomic E-state index is 13.4. The molecule has 3 heteroatoms. The van der Waals surface area contributed by atoms with Gasteiger partial charge in [-0.2, -0.15) is 0 Å². The zero-order valence-corrected chi connectivity index (χ0v) is 15.2. The SMILES string of the molecule is Cc1ccc(Nc2cc(C)c3ccnc4c3c2C(=O)c2ccccc2-4)cc1. The van der Waals surface area contributed by atoms with E-state index in [9.17, 15) is 4.79 Å². The van der Waals surface area contributed by atoms with E-state index < -0.39 is 0 Å². The Balaban J connectivity index is 1.82. The Morgan fingerprint density at radius 2 is 1.63 bits per heavy atom. The molecule has 1 aromatic heterocycles. The molecule has 0 atom stereocenters. The van der Waals surface area contributed by atoms with Crippen LogP contribution >= 0.6 is 0 Å². The maximum Gasteiger partial charge on any atom is 0.196 e. The summed E-state index contributed by atoms with van der Waals surface area (Å²) >= 11 is 0. The molecular weight excluding hydrogens is 332 g/mol. The summed E-state index contributed by atoms with van der Waals surface area (Å²) < 4.78 is 0. The van der Waals surface area contributed by atoms with E-state index in [-0.39, 0.29) is 5.78 Å². The molecule has 1 N–H and O–H groups in total. The standard InChI is InChI=1S/C24H18N2O/c1-14-7-9-16(10-8-14)26-20-13-15(2)17-11-12-25-23-18-5-3-4-6-19(18)24(27)22(20)21(17)23/h3-13,26H,1-2H3. The van der Waals surface area contributed by atoms with Crippen molar-refractivity contribution in [3.8, 4) is 11.3 Å². The van der Waals surface area contributed by atoms with E-state index in [1.807, 2.05) is 48.7 Å². The van der Waals surface area contributed by atoms with E-state index in [1.54, 1.807) is 0 Å². The number of nitrogens with zero attached hydrogens (tertiary/aromatic N) is 1. The number of aryl methyl sites for hydroxylation is 2. The lowest BCUT2D eigenvalue weighted by atomic mass is 9.83. The minimum absolute atomic E-state index is 0.0470. The van der Waals surface area contributed by atoms with Gasteiger partial charge in [0.05, 0.1) is 16.9 Å². The van der Waals surface area contributed by atoms with Crippen molar-refractivity contribution >= 4 is 27.9 Å². The molecule has 0 aliphatic heterocycles. The molecule has 1 aliphatic rings. The summed E-state index contributed by atoms with van der Waals surface area (Å²) in [5.74, 6) is 0.0470. The Kier molecular flexibility index (Phi) is 3.37. The van der Waals surface area contributed by atoms with E-state index >= 15 is 0 Å². The molecule has 0 spiro atoms. The Morgan fingerprint density at radius 1 is 0.889 bits per heavy atom. The van der Waals surface area contributed by atoms with Gasteiger partial charge in [-0.1, -0.05) is 42.0 Å². The van der Waals surface area contributed by atoms with Gasteiger partial charge >= 0.3 is 0 Å². The van der Waals surface area contributed by atoms with Gasteiger partial charge in [0.25, 0.3) is 0 Å². The van der Waals surface area contributed by atoms with E-state index in [4.69, 9.17) is 0 Å². The maximum absolute atomic E-state index is 13.4. The lowest BCUT2D eigenvalue weighted by molar-refractivity contribution is 0.104. The van der Waals surface area contributed by atoms with E-state index in [0.717, 1.165) is 39.0 Å². The highest BCUT2D eigenvalue weighted by Crippen LogP contribution is 2.42. The summed E-state index contributed by atoms with van der Waals surface area (Å²) in [5, 5.41) is 5.47. The molecule has 0 bridgehead atoms. The number of nitrogens with one attached hydrogen (secondary N) is 1. The Hall–Kier alpha value is -3.46. The fraction of sp³-hybridized carbons (Fsp3) is 0.0833. The highest BCUT2D eigenvalue weighted by molar-refractivity contribution is 6.28. The van der Waals surface area contributed by atoms with Gasteiger partial charge in [-0.15, -0.1) is 0 Å². The molecule has 27 heavy (non-hydrogen) atoms. The van der Waals surface area contributed by atoms with Crippen LogP contribution in [0.25, 0.3) is 22.0 Å². The van der Waals surface area contributed by atoms with Crippen LogP contribution in [0.1, 0.15) is 27.0 Å². The Labute approximate surface area is 157 Å². The van der Waals surface area contributed by atoms with Crippen molar-refractivity contribution in [1.82, 2.24) is 4.98 Å². The highest BCUT2D eigenvalue weighted by Gasteiger charge is 2.29. The predicted octanol–water partition coefficient (Wildman–Crippen LogP) is 5.81. The summed E-state index contributed by atoms with van der Waals surface area (Å²) in [5.41, 5.74) is 7.33. The third-order valence-corrected chi connectivity index (χ3v) is 5.24. The van der Waals surface area contributed by atoms with Gasteiger partial charge in [0.1, 0.15) is 0 Å². The van der Waals surface area contributed by atoms with Gasteiger partial charge in [0, 0.05) is 28.4 Å². The first kappa shape index (κ1) is 15.8. The van der Waals surface area contributed by atoms with Crippen LogP contribution in [-0.4, -0.2) is 10.8 Å². The number of carbonyl (C=O) groups excluding carboxylic acids is 1. The van der Waals surface area contributed by atoms with Crippen LogP contribution in [0.2, 0.25) is 0 Å². The molecule has 1 heterocycles. The van der Waals surface area contributed by atoms with Crippen molar-refractivity contribution in [3.05, 3.63) is 89.1 Å². The molecule has 3 nitrogen and oxygen atoms in total. The number of anilines is 2. The third kappa shape index (κ3) is 2.36.